The standard InChI is InChI=1S/C13H10BrClF2N2/c1-18-13(10-5-2-7(15)6-19-10)11-9(16)4-3-8(14)12(11)17/h2-6,13,18H,1H3. The monoisotopic (exact) mass is 346 g/mol. The number of rotatable bonds is 3. The quantitative estimate of drug-likeness (QED) is 0.846. The predicted molar refractivity (Wildman–Crippen MR) is 74.2 cm³/mol. The largest absolute Gasteiger partial charge is 0.308 e. The fourth-order valence-electron chi connectivity index (χ4n) is 1.81. The Morgan fingerprint density at radius 2 is 2.00 bits per heavy atom. The van der Waals surface area contributed by atoms with E-state index in [0.29, 0.717) is 10.7 Å². The first-order valence-electron chi connectivity index (χ1n) is 5.46. The van der Waals surface area contributed by atoms with Crippen molar-refractivity contribution in [1.82, 2.24) is 10.3 Å². The molecule has 1 heterocycles. The summed E-state index contributed by atoms with van der Waals surface area (Å²) in [6.45, 7) is 0. The molecule has 0 fully saturated rings. The molecule has 19 heavy (non-hydrogen) atoms. The van der Waals surface area contributed by atoms with E-state index in [0.717, 1.165) is 0 Å². The van der Waals surface area contributed by atoms with E-state index in [4.69, 9.17) is 11.6 Å². The molecular formula is C13H10BrClF2N2. The third-order valence-corrected chi connectivity index (χ3v) is 3.54. The lowest BCUT2D eigenvalue weighted by Gasteiger charge is -2.18. The Bertz CT molecular complexity index is 590. The molecule has 0 bridgehead atoms. The summed E-state index contributed by atoms with van der Waals surface area (Å²) in [6.07, 6.45) is 1.44. The number of nitrogens with zero attached hydrogens (tertiary/aromatic N) is 1. The van der Waals surface area contributed by atoms with Crippen molar-refractivity contribution in [3.8, 4) is 0 Å². The minimum atomic E-state index is -0.685. The van der Waals surface area contributed by atoms with Crippen molar-refractivity contribution in [2.45, 2.75) is 6.04 Å². The molecule has 2 rings (SSSR count). The summed E-state index contributed by atoms with van der Waals surface area (Å²) < 4.78 is 28.2. The second kappa shape index (κ2) is 5.94. The molecule has 1 N–H and O–H groups in total. The maximum Gasteiger partial charge on any atom is 0.145 e. The van der Waals surface area contributed by atoms with Gasteiger partial charge in [0.25, 0.3) is 0 Å². The fourth-order valence-corrected chi connectivity index (χ4v) is 2.26. The lowest BCUT2D eigenvalue weighted by molar-refractivity contribution is 0.514. The van der Waals surface area contributed by atoms with Crippen LogP contribution in [0.5, 0.6) is 0 Å². The molecule has 1 aromatic heterocycles. The molecule has 0 radical (unpaired) electrons. The molecule has 0 aliphatic carbocycles. The zero-order valence-corrected chi connectivity index (χ0v) is 12.3. The second-order valence-corrected chi connectivity index (χ2v) is 5.17. The Morgan fingerprint density at radius 1 is 1.26 bits per heavy atom. The van der Waals surface area contributed by atoms with E-state index >= 15 is 0 Å². The SMILES string of the molecule is CNC(c1ccc(Cl)cn1)c1c(F)ccc(Br)c1F. The molecule has 0 aliphatic heterocycles. The third-order valence-electron chi connectivity index (χ3n) is 2.70. The maximum atomic E-state index is 14.1. The number of halogens is 4. The smallest absolute Gasteiger partial charge is 0.145 e. The Labute approximate surface area is 122 Å². The molecule has 0 saturated heterocycles. The molecule has 0 saturated carbocycles. The molecule has 1 aromatic carbocycles. The van der Waals surface area contributed by atoms with Gasteiger partial charge in [0, 0.05) is 11.8 Å². The summed E-state index contributed by atoms with van der Waals surface area (Å²) >= 11 is 8.81. The topological polar surface area (TPSA) is 24.9 Å². The van der Waals surface area contributed by atoms with E-state index < -0.39 is 17.7 Å². The van der Waals surface area contributed by atoms with Gasteiger partial charge >= 0.3 is 0 Å². The summed E-state index contributed by atoms with van der Waals surface area (Å²) in [5.74, 6) is -1.27. The van der Waals surface area contributed by atoms with Crippen LogP contribution in [0.25, 0.3) is 0 Å². The van der Waals surface area contributed by atoms with Crippen molar-refractivity contribution < 1.29 is 8.78 Å². The number of nitrogens with one attached hydrogen (secondary N) is 1. The normalized spacial score (nSPS) is 12.5. The Balaban J connectivity index is 2.54. The van der Waals surface area contributed by atoms with Crippen LogP contribution in [0.15, 0.2) is 34.9 Å². The van der Waals surface area contributed by atoms with Gasteiger partial charge in [0.05, 0.1) is 21.2 Å². The van der Waals surface area contributed by atoms with Crippen LogP contribution in [0.2, 0.25) is 5.02 Å². The van der Waals surface area contributed by atoms with E-state index in [1.165, 1.54) is 18.3 Å². The molecule has 2 nitrogen and oxygen atoms in total. The van der Waals surface area contributed by atoms with Crippen LogP contribution in [-0.4, -0.2) is 12.0 Å². The highest BCUT2D eigenvalue weighted by Gasteiger charge is 2.23. The molecule has 0 amide bonds. The van der Waals surface area contributed by atoms with Crippen molar-refractivity contribution in [2.24, 2.45) is 0 Å². The fraction of sp³-hybridized carbons (Fsp3) is 0.154. The first kappa shape index (κ1) is 14.4. The number of hydrogen-bond acceptors (Lipinski definition) is 2. The minimum Gasteiger partial charge on any atom is -0.308 e. The zero-order chi connectivity index (χ0) is 14.0. The summed E-state index contributed by atoms with van der Waals surface area (Å²) in [7, 11) is 1.61. The number of aromatic nitrogens is 1. The van der Waals surface area contributed by atoms with Gasteiger partial charge in [-0.2, -0.15) is 0 Å². The highest BCUT2D eigenvalue weighted by atomic mass is 79.9. The van der Waals surface area contributed by atoms with E-state index in [2.05, 4.69) is 26.2 Å². The average Bonchev–Trinajstić information content (AvgIpc) is 2.40. The molecule has 0 aliphatic rings. The van der Waals surface area contributed by atoms with Gasteiger partial charge in [0.2, 0.25) is 0 Å². The average molecular weight is 348 g/mol. The lowest BCUT2D eigenvalue weighted by Crippen LogP contribution is -2.21. The first-order chi connectivity index (χ1) is 9.04. The van der Waals surface area contributed by atoms with Crippen LogP contribution in [0, 0.1) is 11.6 Å². The van der Waals surface area contributed by atoms with Gasteiger partial charge in [-0.1, -0.05) is 11.6 Å². The second-order valence-electron chi connectivity index (χ2n) is 3.88. The number of hydrogen-bond donors (Lipinski definition) is 1. The zero-order valence-electron chi connectivity index (χ0n) is 9.92. The highest BCUT2D eigenvalue weighted by molar-refractivity contribution is 9.10. The van der Waals surface area contributed by atoms with Gasteiger partial charge in [-0.05, 0) is 47.2 Å². The van der Waals surface area contributed by atoms with Crippen molar-refractivity contribution in [1.29, 1.82) is 0 Å². The molecular weight excluding hydrogens is 338 g/mol. The molecule has 0 spiro atoms. The van der Waals surface area contributed by atoms with E-state index in [1.54, 1.807) is 19.2 Å². The summed E-state index contributed by atoms with van der Waals surface area (Å²) in [4.78, 5) is 4.09. The van der Waals surface area contributed by atoms with Crippen molar-refractivity contribution in [3.05, 3.63) is 62.8 Å². The van der Waals surface area contributed by atoms with Crippen LogP contribution in [0.4, 0.5) is 8.78 Å². The van der Waals surface area contributed by atoms with Gasteiger partial charge in [-0.3, -0.25) is 4.98 Å². The van der Waals surface area contributed by atoms with E-state index in [1.807, 2.05) is 0 Å². The van der Waals surface area contributed by atoms with E-state index in [9.17, 15) is 8.78 Å². The van der Waals surface area contributed by atoms with Crippen LogP contribution < -0.4 is 5.32 Å². The highest BCUT2D eigenvalue weighted by Crippen LogP contribution is 2.30. The minimum absolute atomic E-state index is 0.0771. The van der Waals surface area contributed by atoms with Gasteiger partial charge in [0.15, 0.2) is 0 Å². The predicted octanol–water partition coefficient (Wildman–Crippen LogP) is 4.08. The summed E-state index contributed by atoms with van der Waals surface area (Å²) in [5, 5.41) is 3.32. The van der Waals surface area contributed by atoms with Gasteiger partial charge in [-0.15, -0.1) is 0 Å². The lowest BCUT2D eigenvalue weighted by atomic mass is 10.0. The molecule has 1 unspecified atom stereocenters. The molecule has 100 valence electrons. The van der Waals surface area contributed by atoms with Crippen molar-refractivity contribution in [2.75, 3.05) is 7.05 Å². The van der Waals surface area contributed by atoms with Crippen LogP contribution in [0.3, 0.4) is 0 Å². The Morgan fingerprint density at radius 3 is 2.58 bits per heavy atom. The Hall–Kier alpha value is -1.04. The van der Waals surface area contributed by atoms with Crippen molar-refractivity contribution >= 4 is 27.5 Å². The Kier molecular flexibility index (Phi) is 4.50. The van der Waals surface area contributed by atoms with E-state index in [-0.39, 0.29) is 10.0 Å². The maximum absolute atomic E-state index is 14.1. The van der Waals surface area contributed by atoms with Gasteiger partial charge < -0.3 is 5.32 Å². The summed E-state index contributed by atoms with van der Waals surface area (Å²) in [6, 6.07) is 5.11. The van der Waals surface area contributed by atoms with Crippen LogP contribution in [0.1, 0.15) is 17.3 Å². The number of pyridine rings is 1. The third kappa shape index (κ3) is 2.94. The molecule has 2 aromatic rings. The van der Waals surface area contributed by atoms with Crippen LogP contribution >= 0.6 is 27.5 Å². The van der Waals surface area contributed by atoms with Gasteiger partial charge in [-0.25, -0.2) is 8.78 Å². The van der Waals surface area contributed by atoms with Crippen molar-refractivity contribution in [3.63, 3.8) is 0 Å². The van der Waals surface area contributed by atoms with Gasteiger partial charge in [0.1, 0.15) is 11.6 Å². The molecule has 1 atom stereocenters. The number of benzene rings is 1. The first-order valence-corrected chi connectivity index (χ1v) is 6.63. The molecule has 6 heteroatoms. The van der Waals surface area contributed by atoms with Crippen LogP contribution in [-0.2, 0) is 0 Å². The summed E-state index contributed by atoms with van der Waals surface area (Å²) in [5.41, 5.74) is 0.412.